The fourth-order valence-corrected chi connectivity index (χ4v) is 2.05. The van der Waals surface area contributed by atoms with Gasteiger partial charge in [0.05, 0.1) is 11.1 Å². The molecular weight excluding hydrogens is 297 g/mol. The number of nitrogens with one attached hydrogen (secondary N) is 1. The van der Waals surface area contributed by atoms with E-state index in [0.717, 1.165) is 5.32 Å². The van der Waals surface area contributed by atoms with Crippen LogP contribution in [0.1, 0.15) is 20.7 Å². The predicted molar refractivity (Wildman–Crippen MR) is 73.9 cm³/mol. The van der Waals surface area contributed by atoms with Gasteiger partial charge in [0.15, 0.2) is 0 Å². The molecule has 0 saturated carbocycles. The third-order valence-electron chi connectivity index (χ3n) is 2.90. The van der Waals surface area contributed by atoms with E-state index in [2.05, 4.69) is 0 Å². The van der Waals surface area contributed by atoms with Gasteiger partial charge in [-0.15, -0.1) is 0 Å². The summed E-state index contributed by atoms with van der Waals surface area (Å²) in [5.74, 6) is -2.41. The summed E-state index contributed by atoms with van der Waals surface area (Å²) >= 11 is 0. The first-order valence-electron chi connectivity index (χ1n) is 6.17. The summed E-state index contributed by atoms with van der Waals surface area (Å²) in [6.45, 7) is 0. The molecule has 0 atom stereocenters. The molecule has 0 saturated heterocycles. The highest BCUT2D eigenvalue weighted by molar-refractivity contribution is 6.11. The van der Waals surface area contributed by atoms with Gasteiger partial charge in [0, 0.05) is 0 Å². The van der Waals surface area contributed by atoms with Crippen LogP contribution in [0.5, 0.6) is 0 Å². The number of benzene rings is 2. The van der Waals surface area contributed by atoms with Crippen molar-refractivity contribution < 1.29 is 22.8 Å². The van der Waals surface area contributed by atoms with Crippen molar-refractivity contribution in [2.75, 3.05) is 0 Å². The quantitative estimate of drug-likeness (QED) is 0.856. The summed E-state index contributed by atoms with van der Waals surface area (Å²) < 4.78 is 37.2. The molecule has 3 N–H and O–H groups in total. The summed E-state index contributed by atoms with van der Waals surface area (Å²) in [6, 6.07) is 12.4. The lowest BCUT2D eigenvalue weighted by Gasteiger charge is -2.15. The first kappa shape index (κ1) is 15.6. The molecule has 0 heterocycles. The molecule has 2 amide bonds. The standard InChI is InChI=1S/C15H11F3N2O2/c16-15(17,18)20-14(22)12-10(9-5-2-1-3-6-9)7-4-8-11(12)13(19)21/h1-8H,(H2,19,21)(H,20,22). The van der Waals surface area contributed by atoms with E-state index < -0.39 is 23.7 Å². The number of carbonyl (C=O) groups excluding carboxylic acids is 2. The van der Waals surface area contributed by atoms with Crippen molar-refractivity contribution in [3.63, 3.8) is 0 Å². The fraction of sp³-hybridized carbons (Fsp3) is 0.0667. The minimum absolute atomic E-state index is 0.193. The Morgan fingerprint density at radius 3 is 2.14 bits per heavy atom. The zero-order valence-corrected chi connectivity index (χ0v) is 11.1. The van der Waals surface area contributed by atoms with Crippen LogP contribution in [0.4, 0.5) is 13.2 Å². The predicted octanol–water partition coefficient (Wildman–Crippen LogP) is 2.70. The molecule has 7 heteroatoms. The highest BCUT2D eigenvalue weighted by Gasteiger charge is 2.33. The van der Waals surface area contributed by atoms with Crippen molar-refractivity contribution in [1.29, 1.82) is 0 Å². The van der Waals surface area contributed by atoms with Crippen molar-refractivity contribution in [1.82, 2.24) is 5.32 Å². The second kappa shape index (κ2) is 5.88. The van der Waals surface area contributed by atoms with Crippen molar-refractivity contribution in [2.24, 2.45) is 5.73 Å². The van der Waals surface area contributed by atoms with E-state index in [4.69, 9.17) is 5.73 Å². The van der Waals surface area contributed by atoms with Crippen molar-refractivity contribution >= 4 is 11.8 Å². The van der Waals surface area contributed by atoms with Crippen LogP contribution in [0.15, 0.2) is 48.5 Å². The van der Waals surface area contributed by atoms with Gasteiger partial charge in [-0.3, -0.25) is 14.9 Å². The Balaban J connectivity index is 2.63. The largest absolute Gasteiger partial charge is 0.484 e. The number of halogens is 3. The van der Waals surface area contributed by atoms with Crippen molar-refractivity contribution in [3.8, 4) is 11.1 Å². The van der Waals surface area contributed by atoms with Gasteiger partial charge in [0.2, 0.25) is 5.91 Å². The van der Waals surface area contributed by atoms with Gasteiger partial charge in [-0.1, -0.05) is 42.5 Å². The Hall–Kier alpha value is -2.83. The molecule has 22 heavy (non-hydrogen) atoms. The number of alkyl halides is 3. The summed E-state index contributed by atoms with van der Waals surface area (Å²) in [6.07, 6.45) is -4.91. The fourth-order valence-electron chi connectivity index (χ4n) is 2.05. The Labute approximate surface area is 123 Å². The minimum Gasteiger partial charge on any atom is -0.366 e. The summed E-state index contributed by atoms with van der Waals surface area (Å²) in [7, 11) is 0. The van der Waals surface area contributed by atoms with E-state index in [1.165, 1.54) is 18.2 Å². The van der Waals surface area contributed by atoms with E-state index in [0.29, 0.717) is 5.56 Å². The Morgan fingerprint density at radius 2 is 1.59 bits per heavy atom. The lowest BCUT2D eigenvalue weighted by molar-refractivity contribution is -0.146. The van der Waals surface area contributed by atoms with E-state index >= 15 is 0 Å². The van der Waals surface area contributed by atoms with E-state index in [9.17, 15) is 22.8 Å². The lowest BCUT2D eigenvalue weighted by atomic mass is 9.94. The van der Waals surface area contributed by atoms with Crippen molar-refractivity contribution in [2.45, 2.75) is 6.30 Å². The van der Waals surface area contributed by atoms with Crippen LogP contribution >= 0.6 is 0 Å². The zero-order valence-electron chi connectivity index (χ0n) is 11.1. The highest BCUT2D eigenvalue weighted by atomic mass is 19.4. The Morgan fingerprint density at radius 1 is 0.955 bits per heavy atom. The average molecular weight is 308 g/mol. The smallest absolute Gasteiger partial charge is 0.366 e. The maximum Gasteiger partial charge on any atom is 0.484 e. The molecule has 4 nitrogen and oxygen atoms in total. The second-order valence-electron chi connectivity index (χ2n) is 4.41. The second-order valence-corrected chi connectivity index (χ2v) is 4.41. The average Bonchev–Trinajstić information content (AvgIpc) is 2.45. The van der Waals surface area contributed by atoms with E-state index in [1.54, 1.807) is 30.3 Å². The number of carbonyl (C=O) groups is 2. The van der Waals surface area contributed by atoms with Crippen LogP contribution in [0, 0.1) is 0 Å². The molecule has 0 radical (unpaired) electrons. The summed E-state index contributed by atoms with van der Waals surface area (Å²) in [4.78, 5) is 23.4. The first-order chi connectivity index (χ1) is 10.3. The topological polar surface area (TPSA) is 72.2 Å². The van der Waals surface area contributed by atoms with E-state index in [1.807, 2.05) is 0 Å². The monoisotopic (exact) mass is 308 g/mol. The molecule has 0 aliphatic rings. The minimum atomic E-state index is -4.91. The Bertz CT molecular complexity index is 712. The van der Waals surface area contributed by atoms with Crippen LogP contribution in [0.2, 0.25) is 0 Å². The van der Waals surface area contributed by atoms with Gasteiger partial charge >= 0.3 is 6.30 Å². The van der Waals surface area contributed by atoms with Crippen LogP contribution in [0.3, 0.4) is 0 Å². The maximum atomic E-state index is 12.4. The van der Waals surface area contributed by atoms with Crippen LogP contribution in [-0.4, -0.2) is 18.1 Å². The van der Waals surface area contributed by atoms with Gasteiger partial charge in [0.1, 0.15) is 0 Å². The van der Waals surface area contributed by atoms with Crippen molar-refractivity contribution in [3.05, 3.63) is 59.7 Å². The van der Waals surface area contributed by atoms with Gasteiger partial charge in [-0.2, -0.15) is 13.2 Å². The van der Waals surface area contributed by atoms with Crippen LogP contribution < -0.4 is 11.1 Å². The number of nitrogens with two attached hydrogens (primary N) is 1. The maximum absolute atomic E-state index is 12.4. The number of hydrogen-bond acceptors (Lipinski definition) is 2. The summed E-state index contributed by atoms with van der Waals surface area (Å²) in [5, 5.41) is 0.894. The number of rotatable bonds is 3. The van der Waals surface area contributed by atoms with E-state index in [-0.39, 0.29) is 11.1 Å². The molecule has 0 spiro atoms. The zero-order chi connectivity index (χ0) is 16.3. The molecule has 0 fully saturated rings. The Kier molecular flexibility index (Phi) is 4.16. The summed E-state index contributed by atoms with van der Waals surface area (Å²) in [5.41, 5.74) is 5.18. The number of amides is 2. The van der Waals surface area contributed by atoms with Crippen LogP contribution in [0.25, 0.3) is 11.1 Å². The molecule has 0 bridgehead atoms. The number of hydrogen-bond donors (Lipinski definition) is 2. The van der Waals surface area contributed by atoms with Gasteiger partial charge in [0.25, 0.3) is 5.91 Å². The normalized spacial score (nSPS) is 11.0. The third kappa shape index (κ3) is 3.43. The molecular formula is C15H11F3N2O2. The molecule has 0 aliphatic carbocycles. The first-order valence-corrected chi connectivity index (χ1v) is 6.17. The molecule has 0 aliphatic heterocycles. The molecule has 2 rings (SSSR count). The SMILES string of the molecule is NC(=O)c1cccc(-c2ccccc2)c1C(=O)NC(F)(F)F. The molecule has 0 aromatic heterocycles. The van der Waals surface area contributed by atoms with Gasteiger partial charge in [-0.25, -0.2) is 0 Å². The molecule has 0 unspecified atom stereocenters. The highest BCUT2D eigenvalue weighted by Crippen LogP contribution is 2.27. The number of primary amides is 1. The lowest BCUT2D eigenvalue weighted by Crippen LogP contribution is -2.38. The van der Waals surface area contributed by atoms with Crippen LogP contribution in [-0.2, 0) is 0 Å². The molecule has 2 aromatic rings. The molecule has 2 aromatic carbocycles. The van der Waals surface area contributed by atoms with Gasteiger partial charge < -0.3 is 5.73 Å². The molecule has 114 valence electrons. The third-order valence-corrected chi connectivity index (χ3v) is 2.90. The van der Waals surface area contributed by atoms with Gasteiger partial charge in [-0.05, 0) is 17.2 Å².